The van der Waals surface area contributed by atoms with Gasteiger partial charge in [-0.15, -0.1) is 0 Å². The highest BCUT2D eigenvalue weighted by Gasteiger charge is 2.25. The molecule has 2 aliphatic heterocycles. The van der Waals surface area contributed by atoms with Crippen LogP contribution in [0.15, 0.2) is 24.8 Å². The quantitative estimate of drug-likeness (QED) is 0.502. The molecule has 0 N–H and O–H groups in total. The van der Waals surface area contributed by atoms with Gasteiger partial charge in [0.25, 0.3) is 0 Å². The maximum absolute atomic E-state index is 6.03. The first-order valence-corrected chi connectivity index (χ1v) is 9.92. The van der Waals surface area contributed by atoms with Crippen molar-refractivity contribution in [3.63, 3.8) is 0 Å². The fourth-order valence-corrected chi connectivity index (χ4v) is 3.13. The molecule has 4 atom stereocenters. The second-order valence-corrected chi connectivity index (χ2v) is 7.28. The summed E-state index contributed by atoms with van der Waals surface area (Å²) in [6.07, 6.45) is 6.88. The highest BCUT2D eigenvalue weighted by atomic mass is 16.6. The molecule has 0 radical (unpaired) electrons. The highest BCUT2D eigenvalue weighted by molar-refractivity contribution is 5.53. The van der Waals surface area contributed by atoms with E-state index in [1.165, 1.54) is 16.7 Å². The molecule has 2 saturated heterocycles. The van der Waals surface area contributed by atoms with Gasteiger partial charge in [0.05, 0.1) is 38.6 Å². The molecular weight excluding hydrogens is 328 g/mol. The first kappa shape index (κ1) is 19.6. The summed E-state index contributed by atoms with van der Waals surface area (Å²) in [6.45, 7) is 11.4. The van der Waals surface area contributed by atoms with Crippen molar-refractivity contribution in [2.75, 3.05) is 26.4 Å². The maximum Gasteiger partial charge on any atom is 0.104 e. The van der Waals surface area contributed by atoms with Crippen molar-refractivity contribution in [1.29, 1.82) is 0 Å². The van der Waals surface area contributed by atoms with Crippen molar-refractivity contribution in [1.82, 2.24) is 0 Å². The van der Waals surface area contributed by atoms with E-state index in [1.807, 2.05) is 6.08 Å². The molecule has 0 saturated carbocycles. The Kier molecular flexibility index (Phi) is 7.26. The summed E-state index contributed by atoms with van der Waals surface area (Å²) in [5, 5.41) is 0. The van der Waals surface area contributed by atoms with Crippen molar-refractivity contribution in [3.05, 3.63) is 41.5 Å². The van der Waals surface area contributed by atoms with Crippen molar-refractivity contribution in [3.8, 4) is 0 Å². The SMILES string of the molecule is C=Cc1ccc(CC(CC)OCC2CO2)cc1CC(CC)OCC1CO1. The lowest BCUT2D eigenvalue weighted by atomic mass is 9.95. The third-order valence-electron chi connectivity index (χ3n) is 5.09. The van der Waals surface area contributed by atoms with Crippen LogP contribution in [0.2, 0.25) is 0 Å². The van der Waals surface area contributed by atoms with E-state index >= 15 is 0 Å². The Morgan fingerprint density at radius 3 is 2.12 bits per heavy atom. The minimum absolute atomic E-state index is 0.221. The predicted octanol–water partition coefficient (Wildman–Crippen LogP) is 3.80. The average molecular weight is 360 g/mol. The Labute approximate surface area is 157 Å². The first-order valence-electron chi connectivity index (χ1n) is 9.92. The number of ether oxygens (including phenoxy) is 4. The van der Waals surface area contributed by atoms with Gasteiger partial charge < -0.3 is 18.9 Å². The van der Waals surface area contributed by atoms with Crippen LogP contribution in [0, 0.1) is 0 Å². The summed E-state index contributed by atoms with van der Waals surface area (Å²) < 4.78 is 22.5. The van der Waals surface area contributed by atoms with Gasteiger partial charge in [0.2, 0.25) is 0 Å². The van der Waals surface area contributed by atoms with Gasteiger partial charge in [0.1, 0.15) is 12.2 Å². The normalized spacial score (nSPS) is 23.5. The minimum atomic E-state index is 0.221. The maximum atomic E-state index is 6.03. The lowest BCUT2D eigenvalue weighted by Crippen LogP contribution is -2.20. The molecule has 0 amide bonds. The van der Waals surface area contributed by atoms with E-state index in [0.29, 0.717) is 25.4 Å². The zero-order chi connectivity index (χ0) is 18.4. The van der Waals surface area contributed by atoms with Crippen LogP contribution in [0.5, 0.6) is 0 Å². The molecule has 2 aliphatic rings. The molecule has 2 heterocycles. The third kappa shape index (κ3) is 6.20. The summed E-state index contributed by atoms with van der Waals surface area (Å²) in [5.41, 5.74) is 3.81. The second-order valence-electron chi connectivity index (χ2n) is 7.28. The summed E-state index contributed by atoms with van der Waals surface area (Å²) in [6, 6.07) is 6.67. The molecule has 4 heteroatoms. The van der Waals surface area contributed by atoms with Crippen LogP contribution in [0.4, 0.5) is 0 Å². The Balaban J connectivity index is 1.60. The van der Waals surface area contributed by atoms with Gasteiger partial charge in [-0.05, 0) is 42.4 Å². The van der Waals surface area contributed by atoms with E-state index < -0.39 is 0 Å². The first-order chi connectivity index (χ1) is 12.7. The molecule has 3 rings (SSSR count). The van der Waals surface area contributed by atoms with Crippen LogP contribution in [0.3, 0.4) is 0 Å². The number of benzene rings is 1. The number of epoxide rings is 2. The molecule has 2 fully saturated rings. The van der Waals surface area contributed by atoms with Crippen molar-refractivity contribution >= 4 is 6.08 Å². The van der Waals surface area contributed by atoms with Gasteiger partial charge in [-0.2, -0.15) is 0 Å². The van der Waals surface area contributed by atoms with Crippen LogP contribution in [-0.4, -0.2) is 50.8 Å². The van der Waals surface area contributed by atoms with Crippen LogP contribution in [-0.2, 0) is 31.8 Å². The van der Waals surface area contributed by atoms with E-state index in [9.17, 15) is 0 Å². The summed E-state index contributed by atoms with van der Waals surface area (Å²) >= 11 is 0. The summed E-state index contributed by atoms with van der Waals surface area (Å²) in [5.74, 6) is 0. The number of hydrogen-bond acceptors (Lipinski definition) is 4. The predicted molar refractivity (Wildman–Crippen MR) is 103 cm³/mol. The van der Waals surface area contributed by atoms with Crippen molar-refractivity contribution in [2.45, 2.75) is 63.9 Å². The fraction of sp³-hybridized carbons (Fsp3) is 0.636. The van der Waals surface area contributed by atoms with Gasteiger partial charge in [0.15, 0.2) is 0 Å². The van der Waals surface area contributed by atoms with Gasteiger partial charge in [0, 0.05) is 0 Å². The zero-order valence-corrected chi connectivity index (χ0v) is 16.1. The van der Waals surface area contributed by atoms with Crippen molar-refractivity contribution < 1.29 is 18.9 Å². The lowest BCUT2D eigenvalue weighted by molar-refractivity contribution is 0.0398. The van der Waals surface area contributed by atoms with Gasteiger partial charge in [-0.1, -0.05) is 44.7 Å². The molecule has 0 aliphatic carbocycles. The van der Waals surface area contributed by atoms with E-state index in [4.69, 9.17) is 18.9 Å². The molecular formula is C22H32O4. The lowest BCUT2D eigenvalue weighted by Gasteiger charge is -2.19. The van der Waals surface area contributed by atoms with E-state index in [0.717, 1.165) is 38.9 Å². The molecule has 0 aromatic heterocycles. The number of hydrogen-bond donors (Lipinski definition) is 0. The van der Waals surface area contributed by atoms with Gasteiger partial charge in [-0.25, -0.2) is 0 Å². The Bertz CT molecular complexity index is 578. The monoisotopic (exact) mass is 360 g/mol. The minimum Gasteiger partial charge on any atom is -0.375 e. The molecule has 0 bridgehead atoms. The molecule has 1 aromatic carbocycles. The van der Waals surface area contributed by atoms with Crippen LogP contribution >= 0.6 is 0 Å². The van der Waals surface area contributed by atoms with Gasteiger partial charge in [-0.3, -0.25) is 0 Å². The van der Waals surface area contributed by atoms with Crippen LogP contribution in [0.1, 0.15) is 43.4 Å². The Hall–Kier alpha value is -1.20. The van der Waals surface area contributed by atoms with Crippen LogP contribution in [0.25, 0.3) is 6.08 Å². The largest absolute Gasteiger partial charge is 0.375 e. The smallest absolute Gasteiger partial charge is 0.104 e. The van der Waals surface area contributed by atoms with Crippen molar-refractivity contribution in [2.24, 2.45) is 0 Å². The average Bonchev–Trinajstić information content (AvgIpc) is 3.56. The molecule has 0 spiro atoms. The molecule has 144 valence electrons. The standard InChI is InChI=1S/C22H32O4/c1-4-17-8-7-16(10-19(5-2)23-12-21-14-25-21)9-18(17)11-20(6-3)24-13-22-15-26-22/h4,7-9,19-22H,1,5-6,10-15H2,2-3H3. The third-order valence-corrected chi connectivity index (χ3v) is 5.09. The summed E-state index contributed by atoms with van der Waals surface area (Å²) in [7, 11) is 0. The fourth-order valence-electron chi connectivity index (χ4n) is 3.13. The Morgan fingerprint density at radius 2 is 1.62 bits per heavy atom. The summed E-state index contributed by atoms with van der Waals surface area (Å²) in [4.78, 5) is 0. The zero-order valence-electron chi connectivity index (χ0n) is 16.1. The highest BCUT2D eigenvalue weighted by Crippen LogP contribution is 2.21. The van der Waals surface area contributed by atoms with Gasteiger partial charge >= 0.3 is 0 Å². The van der Waals surface area contributed by atoms with E-state index in [1.54, 1.807) is 0 Å². The molecule has 1 aromatic rings. The molecule has 26 heavy (non-hydrogen) atoms. The van der Waals surface area contributed by atoms with E-state index in [-0.39, 0.29) is 12.2 Å². The number of rotatable bonds is 13. The second kappa shape index (κ2) is 9.65. The van der Waals surface area contributed by atoms with Crippen LogP contribution < -0.4 is 0 Å². The molecule has 4 unspecified atom stereocenters. The topological polar surface area (TPSA) is 43.5 Å². The Morgan fingerprint density at radius 1 is 1.04 bits per heavy atom. The van der Waals surface area contributed by atoms with E-state index in [2.05, 4.69) is 38.6 Å². The molecule has 4 nitrogen and oxygen atoms in total.